The molecule has 3 saturated heterocycles. The Labute approximate surface area is 149 Å². The highest BCUT2D eigenvalue weighted by Gasteiger charge is 2.44. The molecule has 3 aliphatic heterocycles. The van der Waals surface area contributed by atoms with Crippen molar-refractivity contribution in [3.63, 3.8) is 0 Å². The number of hydrogen-bond acceptors (Lipinski definition) is 3. The maximum Gasteiger partial charge on any atom is 0.248 e. The van der Waals surface area contributed by atoms with Gasteiger partial charge >= 0.3 is 0 Å². The second-order valence-corrected chi connectivity index (χ2v) is 7.49. The molecule has 1 saturated carbocycles. The largest absolute Gasteiger partial charge is 0.322 e. The maximum atomic E-state index is 12.5. The molecule has 1 aromatic carbocycles. The van der Waals surface area contributed by atoms with Crippen molar-refractivity contribution in [1.82, 2.24) is 9.88 Å². The van der Waals surface area contributed by atoms with E-state index in [0.717, 1.165) is 35.6 Å². The standard InChI is InChI=1S/C20H21N3O.BH3/c24-20(22-17-3-4-19-14(8-17)2-1-5-21-19)9-18-15-6-13-7-16(18)12-23(10-13)11-15;/h1-5,8-9,13,15-16H,6-7,10-12H2,(H,22,24);1H3. The van der Waals surface area contributed by atoms with Crippen molar-refractivity contribution in [2.45, 2.75) is 12.8 Å². The Morgan fingerprint density at radius 2 is 1.96 bits per heavy atom. The average molecular weight is 333 g/mol. The second kappa shape index (κ2) is 6.30. The normalized spacial score (nSPS) is 29.4. The number of hydrogen-bond donors (Lipinski definition) is 1. The minimum Gasteiger partial charge on any atom is -0.322 e. The Hall–Kier alpha value is -2.14. The van der Waals surface area contributed by atoms with Crippen LogP contribution in [0.3, 0.4) is 0 Å². The zero-order chi connectivity index (χ0) is 16.1. The average Bonchev–Trinajstić information content (AvgIpc) is 2.57. The lowest BCUT2D eigenvalue weighted by Crippen LogP contribution is -2.54. The Morgan fingerprint density at radius 1 is 1.16 bits per heavy atom. The number of pyridine rings is 1. The van der Waals surface area contributed by atoms with Gasteiger partial charge in [-0.2, -0.15) is 0 Å². The van der Waals surface area contributed by atoms with Crippen LogP contribution in [0.1, 0.15) is 12.8 Å². The van der Waals surface area contributed by atoms with Gasteiger partial charge in [-0.3, -0.25) is 9.78 Å². The Morgan fingerprint density at radius 3 is 2.72 bits per heavy atom. The van der Waals surface area contributed by atoms with Gasteiger partial charge in [-0.25, -0.2) is 0 Å². The zero-order valence-corrected chi connectivity index (χ0v) is 13.6. The number of aromatic nitrogens is 1. The fourth-order valence-corrected chi connectivity index (χ4v) is 4.95. The van der Waals surface area contributed by atoms with Crippen LogP contribution in [0.15, 0.2) is 48.2 Å². The fraction of sp³-hybridized carbons (Fsp3) is 0.400. The van der Waals surface area contributed by atoms with Crippen molar-refractivity contribution < 1.29 is 4.79 Å². The molecule has 128 valence electrons. The molecule has 4 aliphatic rings. The lowest BCUT2D eigenvalue weighted by Gasteiger charge is -2.53. The van der Waals surface area contributed by atoms with Crippen LogP contribution in [-0.2, 0) is 4.79 Å². The number of nitrogens with zero attached hydrogens (tertiary/aromatic N) is 2. The van der Waals surface area contributed by atoms with Crippen molar-refractivity contribution in [2.24, 2.45) is 17.8 Å². The van der Waals surface area contributed by atoms with Gasteiger partial charge in [0.05, 0.1) is 13.9 Å². The highest BCUT2D eigenvalue weighted by molar-refractivity contribution is 6.01. The van der Waals surface area contributed by atoms with E-state index in [0.29, 0.717) is 11.8 Å². The zero-order valence-electron chi connectivity index (χ0n) is 13.6. The minimum absolute atomic E-state index is 0. The molecule has 0 spiro atoms. The summed E-state index contributed by atoms with van der Waals surface area (Å²) in [4.78, 5) is 19.4. The molecule has 2 atom stereocenters. The SMILES string of the molecule is B.O=C(C=C1C2CC3CC1CN(C3)C2)Nc1ccc2ncccc2c1. The number of fused-ring (bicyclic) bond motifs is 1. The predicted octanol–water partition coefficient (Wildman–Crippen LogP) is 1.89. The van der Waals surface area contributed by atoms with E-state index in [4.69, 9.17) is 0 Å². The van der Waals surface area contributed by atoms with E-state index in [1.807, 2.05) is 36.4 Å². The van der Waals surface area contributed by atoms with Crippen molar-refractivity contribution in [2.75, 3.05) is 25.0 Å². The summed E-state index contributed by atoms with van der Waals surface area (Å²) in [7, 11) is 0. The van der Waals surface area contributed by atoms with Gasteiger partial charge in [0, 0.05) is 43.0 Å². The third kappa shape index (κ3) is 2.97. The number of benzene rings is 1. The molecule has 6 rings (SSSR count). The Bertz CT molecular complexity index is 818. The summed E-state index contributed by atoms with van der Waals surface area (Å²) >= 11 is 0. The number of nitrogens with one attached hydrogen (secondary N) is 1. The fourth-order valence-electron chi connectivity index (χ4n) is 4.95. The van der Waals surface area contributed by atoms with Gasteiger partial charge < -0.3 is 10.2 Å². The molecule has 4 heterocycles. The summed E-state index contributed by atoms with van der Waals surface area (Å²) < 4.78 is 0. The molecular formula is C20H24BN3O. The van der Waals surface area contributed by atoms with Gasteiger partial charge in [0.1, 0.15) is 0 Å². The molecule has 0 radical (unpaired) electrons. The summed E-state index contributed by atoms with van der Waals surface area (Å²) in [6.07, 6.45) is 6.22. The van der Waals surface area contributed by atoms with E-state index in [9.17, 15) is 4.79 Å². The minimum atomic E-state index is 0. The molecule has 1 amide bonds. The smallest absolute Gasteiger partial charge is 0.248 e. The predicted molar refractivity (Wildman–Crippen MR) is 105 cm³/mol. The molecule has 5 heteroatoms. The first-order valence-electron chi connectivity index (χ1n) is 8.84. The van der Waals surface area contributed by atoms with Crippen LogP contribution in [0.4, 0.5) is 5.69 Å². The number of anilines is 1. The molecule has 1 N–H and O–H groups in total. The van der Waals surface area contributed by atoms with E-state index in [1.165, 1.54) is 25.0 Å². The molecule has 2 unspecified atom stereocenters. The van der Waals surface area contributed by atoms with Gasteiger partial charge in [0.15, 0.2) is 0 Å². The van der Waals surface area contributed by atoms with Crippen molar-refractivity contribution in [1.29, 1.82) is 0 Å². The summed E-state index contributed by atoms with van der Waals surface area (Å²) in [5.41, 5.74) is 3.18. The molecule has 1 aromatic heterocycles. The van der Waals surface area contributed by atoms with Crippen LogP contribution in [0, 0.1) is 17.8 Å². The summed E-state index contributed by atoms with van der Waals surface area (Å²) in [6.45, 7) is 3.57. The number of carbonyl (C=O) groups excluding carboxylic acids is 1. The highest BCUT2D eigenvalue weighted by atomic mass is 16.1. The molecule has 4 fully saturated rings. The van der Waals surface area contributed by atoms with Crippen molar-refractivity contribution in [3.8, 4) is 0 Å². The van der Waals surface area contributed by atoms with Crippen LogP contribution in [-0.4, -0.2) is 43.8 Å². The monoisotopic (exact) mass is 333 g/mol. The van der Waals surface area contributed by atoms with Crippen LogP contribution in [0.25, 0.3) is 10.9 Å². The number of carbonyl (C=O) groups is 1. The lowest BCUT2D eigenvalue weighted by molar-refractivity contribution is -0.112. The molecule has 4 nitrogen and oxygen atoms in total. The van der Waals surface area contributed by atoms with Gasteiger partial charge in [-0.05, 0) is 54.9 Å². The highest BCUT2D eigenvalue weighted by Crippen LogP contribution is 2.46. The molecule has 2 aromatic rings. The first kappa shape index (κ1) is 16.3. The topological polar surface area (TPSA) is 45.2 Å². The second-order valence-electron chi connectivity index (χ2n) is 7.49. The number of amides is 1. The van der Waals surface area contributed by atoms with Gasteiger partial charge in [0.25, 0.3) is 0 Å². The van der Waals surface area contributed by atoms with Crippen molar-refractivity contribution in [3.05, 3.63) is 48.2 Å². The van der Waals surface area contributed by atoms with Crippen LogP contribution < -0.4 is 5.32 Å². The third-order valence-corrected chi connectivity index (χ3v) is 5.82. The van der Waals surface area contributed by atoms with E-state index < -0.39 is 0 Å². The molecule has 25 heavy (non-hydrogen) atoms. The first-order valence-corrected chi connectivity index (χ1v) is 8.84. The van der Waals surface area contributed by atoms with Crippen LogP contribution in [0.2, 0.25) is 0 Å². The summed E-state index contributed by atoms with van der Waals surface area (Å²) in [6, 6.07) is 9.80. The lowest BCUT2D eigenvalue weighted by atomic mass is 9.65. The summed E-state index contributed by atoms with van der Waals surface area (Å²) in [5.74, 6) is 2.07. The van der Waals surface area contributed by atoms with Gasteiger partial charge in [0.2, 0.25) is 5.91 Å². The first-order chi connectivity index (χ1) is 11.7. The molecule has 1 aliphatic carbocycles. The number of piperidine rings is 3. The number of rotatable bonds is 2. The van der Waals surface area contributed by atoms with E-state index in [-0.39, 0.29) is 14.3 Å². The van der Waals surface area contributed by atoms with Crippen molar-refractivity contribution >= 4 is 30.9 Å². The summed E-state index contributed by atoms with van der Waals surface area (Å²) in [5, 5.41) is 4.08. The van der Waals surface area contributed by atoms with Crippen LogP contribution >= 0.6 is 0 Å². The van der Waals surface area contributed by atoms with E-state index in [2.05, 4.69) is 15.2 Å². The third-order valence-electron chi connectivity index (χ3n) is 5.82. The van der Waals surface area contributed by atoms with E-state index >= 15 is 0 Å². The van der Waals surface area contributed by atoms with Gasteiger partial charge in [-0.1, -0.05) is 11.6 Å². The maximum absolute atomic E-state index is 12.5. The Kier molecular flexibility index (Phi) is 4.12. The van der Waals surface area contributed by atoms with E-state index in [1.54, 1.807) is 6.20 Å². The van der Waals surface area contributed by atoms with Gasteiger partial charge in [-0.15, -0.1) is 0 Å². The molecular weight excluding hydrogens is 309 g/mol. The van der Waals surface area contributed by atoms with Crippen LogP contribution in [0.5, 0.6) is 0 Å². The quantitative estimate of drug-likeness (QED) is 0.674. The Balaban J connectivity index is 0.00000157. The molecule has 4 bridgehead atoms.